The van der Waals surface area contributed by atoms with E-state index in [1.807, 2.05) is 20.8 Å². The zero-order valence-corrected chi connectivity index (χ0v) is 12.6. The topological polar surface area (TPSA) is 69.6 Å². The van der Waals surface area contributed by atoms with E-state index >= 15 is 0 Å². The van der Waals surface area contributed by atoms with Gasteiger partial charge in [0.15, 0.2) is 0 Å². The van der Waals surface area contributed by atoms with Gasteiger partial charge in [0, 0.05) is 12.1 Å². The van der Waals surface area contributed by atoms with Crippen LogP contribution in [0.3, 0.4) is 0 Å². The normalized spacial score (nSPS) is 17.2. The van der Waals surface area contributed by atoms with Crippen molar-refractivity contribution in [1.82, 2.24) is 10.2 Å². The molecular formula is C14H26N2O3. The van der Waals surface area contributed by atoms with Crippen molar-refractivity contribution in [2.45, 2.75) is 53.0 Å². The van der Waals surface area contributed by atoms with Gasteiger partial charge in [-0.3, -0.25) is 4.79 Å². The second-order valence-electron chi connectivity index (χ2n) is 6.83. The molecule has 0 heterocycles. The highest BCUT2D eigenvalue weighted by atomic mass is 16.4. The zero-order chi connectivity index (χ0) is 14.8. The molecular weight excluding hydrogens is 244 g/mol. The van der Waals surface area contributed by atoms with E-state index in [4.69, 9.17) is 5.11 Å². The molecule has 110 valence electrons. The summed E-state index contributed by atoms with van der Waals surface area (Å²) < 4.78 is 0. The maximum atomic E-state index is 12.2. The molecule has 0 aromatic heterocycles. The van der Waals surface area contributed by atoms with Gasteiger partial charge in [0.1, 0.15) is 6.54 Å². The lowest BCUT2D eigenvalue weighted by Gasteiger charge is -2.35. The Balaban J connectivity index is 2.60. The molecule has 0 saturated heterocycles. The van der Waals surface area contributed by atoms with Crippen molar-refractivity contribution in [2.75, 3.05) is 13.1 Å². The maximum absolute atomic E-state index is 12.2. The molecule has 0 atom stereocenters. The van der Waals surface area contributed by atoms with Crippen molar-refractivity contribution >= 4 is 12.0 Å². The first-order valence-electron chi connectivity index (χ1n) is 6.86. The van der Waals surface area contributed by atoms with E-state index < -0.39 is 11.5 Å². The Labute approximate surface area is 115 Å². The molecule has 1 saturated carbocycles. The van der Waals surface area contributed by atoms with Crippen molar-refractivity contribution < 1.29 is 14.7 Å². The smallest absolute Gasteiger partial charge is 0.323 e. The summed E-state index contributed by atoms with van der Waals surface area (Å²) in [5.41, 5.74) is -0.278. The third-order valence-corrected chi connectivity index (χ3v) is 4.06. The number of carboxylic acids is 1. The predicted molar refractivity (Wildman–Crippen MR) is 74.0 cm³/mol. The molecule has 0 aromatic carbocycles. The van der Waals surface area contributed by atoms with Crippen molar-refractivity contribution in [3.63, 3.8) is 0 Å². The van der Waals surface area contributed by atoms with E-state index in [0.29, 0.717) is 12.5 Å². The average Bonchev–Trinajstić information content (AvgIpc) is 3.02. The number of hydrogen-bond acceptors (Lipinski definition) is 2. The van der Waals surface area contributed by atoms with Crippen LogP contribution in [0.25, 0.3) is 0 Å². The van der Waals surface area contributed by atoms with Gasteiger partial charge >= 0.3 is 12.0 Å². The fraction of sp³-hybridized carbons (Fsp3) is 0.857. The number of carbonyl (C=O) groups is 2. The van der Waals surface area contributed by atoms with Gasteiger partial charge in [-0.05, 0) is 44.9 Å². The van der Waals surface area contributed by atoms with E-state index in [1.54, 1.807) is 0 Å². The summed E-state index contributed by atoms with van der Waals surface area (Å²) in [6, 6.07) is -0.290. The Bertz CT molecular complexity index is 354. The van der Waals surface area contributed by atoms with Gasteiger partial charge in [-0.25, -0.2) is 4.79 Å². The Morgan fingerprint density at radius 2 is 1.84 bits per heavy atom. The number of nitrogens with one attached hydrogen (secondary N) is 1. The van der Waals surface area contributed by atoms with E-state index in [2.05, 4.69) is 19.2 Å². The molecule has 5 heteroatoms. The SMILES string of the molecule is CC(C)C1(CNC(=O)N(CC(=O)O)C(C)(C)C)CC1. The minimum Gasteiger partial charge on any atom is -0.480 e. The fourth-order valence-corrected chi connectivity index (χ4v) is 2.21. The van der Waals surface area contributed by atoms with Gasteiger partial charge in [-0.2, -0.15) is 0 Å². The minimum absolute atomic E-state index is 0.225. The fourth-order valence-electron chi connectivity index (χ4n) is 2.21. The first kappa shape index (κ1) is 15.8. The van der Waals surface area contributed by atoms with Gasteiger partial charge in [-0.15, -0.1) is 0 Å². The van der Waals surface area contributed by atoms with Gasteiger partial charge in [0.2, 0.25) is 0 Å². The number of nitrogens with zero attached hydrogens (tertiary/aromatic N) is 1. The van der Waals surface area contributed by atoms with Crippen molar-refractivity contribution in [3.05, 3.63) is 0 Å². The van der Waals surface area contributed by atoms with Gasteiger partial charge < -0.3 is 15.3 Å². The van der Waals surface area contributed by atoms with E-state index in [9.17, 15) is 9.59 Å². The lowest BCUT2D eigenvalue weighted by Crippen LogP contribution is -2.53. The molecule has 19 heavy (non-hydrogen) atoms. The van der Waals surface area contributed by atoms with Crippen LogP contribution in [0.15, 0.2) is 0 Å². The molecule has 1 rings (SSSR count). The summed E-state index contributed by atoms with van der Waals surface area (Å²) in [5, 5.41) is 11.8. The standard InChI is InChI=1S/C14H26N2O3/c1-10(2)14(6-7-14)9-15-12(19)16(8-11(17)18)13(3,4)5/h10H,6-9H2,1-5H3,(H,15,19)(H,17,18). The van der Waals surface area contributed by atoms with Crippen LogP contribution in [0.4, 0.5) is 4.79 Å². The van der Waals surface area contributed by atoms with Gasteiger partial charge in [0.05, 0.1) is 0 Å². The van der Waals surface area contributed by atoms with Crippen molar-refractivity contribution in [3.8, 4) is 0 Å². The average molecular weight is 270 g/mol. The van der Waals surface area contributed by atoms with Crippen LogP contribution in [0.5, 0.6) is 0 Å². The molecule has 1 fully saturated rings. The van der Waals surface area contributed by atoms with E-state index in [-0.39, 0.29) is 18.0 Å². The molecule has 0 aliphatic heterocycles. The number of carbonyl (C=O) groups excluding carboxylic acids is 1. The third-order valence-electron chi connectivity index (χ3n) is 4.06. The van der Waals surface area contributed by atoms with Crippen LogP contribution in [-0.2, 0) is 4.79 Å². The van der Waals surface area contributed by atoms with Crippen LogP contribution in [0, 0.1) is 11.3 Å². The van der Waals surface area contributed by atoms with Crippen molar-refractivity contribution in [2.24, 2.45) is 11.3 Å². The Hall–Kier alpha value is -1.26. The highest BCUT2D eigenvalue weighted by molar-refractivity contribution is 5.80. The Kier molecular flexibility index (Phi) is 4.48. The van der Waals surface area contributed by atoms with E-state index in [0.717, 1.165) is 12.8 Å². The molecule has 5 nitrogen and oxygen atoms in total. The molecule has 0 aromatic rings. The highest BCUT2D eigenvalue weighted by Gasteiger charge is 2.45. The second-order valence-corrected chi connectivity index (χ2v) is 6.83. The van der Waals surface area contributed by atoms with Crippen LogP contribution in [0.1, 0.15) is 47.5 Å². The van der Waals surface area contributed by atoms with Crippen LogP contribution >= 0.6 is 0 Å². The number of amides is 2. The predicted octanol–water partition coefficient (Wildman–Crippen LogP) is 2.32. The summed E-state index contributed by atoms with van der Waals surface area (Å²) in [6.07, 6.45) is 2.28. The molecule has 0 spiro atoms. The Morgan fingerprint density at radius 1 is 1.32 bits per heavy atom. The molecule has 1 aliphatic carbocycles. The molecule has 1 aliphatic rings. The summed E-state index contributed by atoms with van der Waals surface area (Å²) in [6.45, 7) is 10.2. The minimum atomic E-state index is -0.991. The summed E-state index contributed by atoms with van der Waals surface area (Å²) >= 11 is 0. The molecule has 0 radical (unpaired) electrons. The summed E-state index contributed by atoms with van der Waals surface area (Å²) in [4.78, 5) is 24.4. The van der Waals surface area contributed by atoms with Crippen LogP contribution in [-0.4, -0.2) is 40.6 Å². The quantitative estimate of drug-likeness (QED) is 0.805. The number of carboxylic acid groups (broad SMARTS) is 1. The lowest BCUT2D eigenvalue weighted by molar-refractivity contribution is -0.138. The first-order valence-corrected chi connectivity index (χ1v) is 6.86. The first-order chi connectivity index (χ1) is 8.58. The Morgan fingerprint density at radius 3 is 2.16 bits per heavy atom. The lowest BCUT2D eigenvalue weighted by atomic mass is 9.92. The number of rotatable bonds is 5. The summed E-state index contributed by atoms with van der Waals surface area (Å²) in [7, 11) is 0. The number of aliphatic carboxylic acids is 1. The zero-order valence-electron chi connectivity index (χ0n) is 12.6. The van der Waals surface area contributed by atoms with Crippen LogP contribution in [0.2, 0.25) is 0 Å². The largest absolute Gasteiger partial charge is 0.480 e. The van der Waals surface area contributed by atoms with E-state index in [1.165, 1.54) is 4.90 Å². The molecule has 0 unspecified atom stereocenters. The highest BCUT2D eigenvalue weighted by Crippen LogP contribution is 2.51. The summed E-state index contributed by atoms with van der Waals surface area (Å²) in [5.74, 6) is -0.453. The van der Waals surface area contributed by atoms with Crippen LogP contribution < -0.4 is 5.32 Å². The maximum Gasteiger partial charge on any atom is 0.323 e. The molecule has 0 bridgehead atoms. The number of hydrogen-bond donors (Lipinski definition) is 2. The second kappa shape index (κ2) is 5.39. The number of urea groups is 1. The molecule has 2 N–H and O–H groups in total. The van der Waals surface area contributed by atoms with Crippen molar-refractivity contribution in [1.29, 1.82) is 0 Å². The third kappa shape index (κ3) is 4.11. The molecule has 2 amide bonds. The monoisotopic (exact) mass is 270 g/mol. The van der Waals surface area contributed by atoms with Gasteiger partial charge in [0.25, 0.3) is 0 Å². The van der Waals surface area contributed by atoms with Gasteiger partial charge in [-0.1, -0.05) is 13.8 Å².